The van der Waals surface area contributed by atoms with Crippen LogP contribution in [0.1, 0.15) is 13.3 Å². The van der Waals surface area contributed by atoms with Crippen molar-refractivity contribution in [2.24, 2.45) is 0 Å². The molecule has 1 aliphatic rings. The maximum Gasteiger partial charge on any atom is 0.323 e. The van der Waals surface area contributed by atoms with Gasteiger partial charge in [0.2, 0.25) is 11.9 Å². The summed E-state index contributed by atoms with van der Waals surface area (Å²) in [5.41, 5.74) is 5.67. The smallest absolute Gasteiger partial charge is 0.323 e. The number of rotatable bonds is 4. The van der Waals surface area contributed by atoms with Gasteiger partial charge in [0.25, 0.3) is 0 Å². The highest BCUT2D eigenvalue weighted by molar-refractivity contribution is 5.37. The Bertz CT molecular complexity index is 411. The van der Waals surface area contributed by atoms with Crippen molar-refractivity contribution in [2.45, 2.75) is 19.4 Å². The number of aromatic nitrogens is 3. The van der Waals surface area contributed by atoms with Crippen molar-refractivity contribution in [1.82, 2.24) is 19.9 Å². The molecule has 0 aliphatic carbocycles. The first-order valence-corrected chi connectivity index (χ1v) is 6.16. The van der Waals surface area contributed by atoms with Crippen molar-refractivity contribution >= 4 is 11.9 Å². The normalized spacial score (nSPS) is 19.6. The second kappa shape index (κ2) is 5.34. The van der Waals surface area contributed by atoms with Gasteiger partial charge >= 0.3 is 6.01 Å². The van der Waals surface area contributed by atoms with Crippen LogP contribution in [-0.2, 0) is 0 Å². The van der Waals surface area contributed by atoms with Crippen LogP contribution in [-0.4, -0.2) is 59.7 Å². The summed E-state index contributed by atoms with van der Waals surface area (Å²) < 4.78 is 5.28. The molecule has 7 heteroatoms. The van der Waals surface area contributed by atoms with Crippen LogP contribution in [0.2, 0.25) is 0 Å². The molecule has 1 aliphatic heterocycles. The van der Waals surface area contributed by atoms with Gasteiger partial charge in [0, 0.05) is 19.1 Å². The van der Waals surface area contributed by atoms with E-state index in [0.29, 0.717) is 24.6 Å². The second-order valence-electron chi connectivity index (χ2n) is 4.56. The quantitative estimate of drug-likeness (QED) is 0.807. The van der Waals surface area contributed by atoms with E-state index in [2.05, 4.69) is 38.8 Å². The summed E-state index contributed by atoms with van der Waals surface area (Å²) in [4.78, 5) is 16.7. The Balaban J connectivity index is 2.13. The number of hydrogen-bond acceptors (Lipinski definition) is 7. The Morgan fingerprint density at radius 1 is 1.39 bits per heavy atom. The minimum atomic E-state index is 0.205. The molecule has 0 bridgehead atoms. The molecule has 18 heavy (non-hydrogen) atoms. The van der Waals surface area contributed by atoms with Crippen LogP contribution < -0.4 is 15.4 Å². The molecular weight excluding hydrogens is 232 g/mol. The van der Waals surface area contributed by atoms with Crippen LogP contribution in [0, 0.1) is 0 Å². The van der Waals surface area contributed by atoms with E-state index in [0.717, 1.165) is 19.5 Å². The first kappa shape index (κ1) is 12.8. The van der Waals surface area contributed by atoms with Gasteiger partial charge in [0.15, 0.2) is 0 Å². The minimum absolute atomic E-state index is 0.205. The molecule has 0 amide bonds. The molecule has 2 heterocycles. The summed E-state index contributed by atoms with van der Waals surface area (Å²) in [6, 6.07) is 0.826. The molecular formula is C11H20N6O. The Hall–Kier alpha value is -1.63. The molecule has 0 aromatic carbocycles. The Morgan fingerprint density at radius 2 is 2.17 bits per heavy atom. The van der Waals surface area contributed by atoms with E-state index in [4.69, 9.17) is 10.5 Å². The molecule has 0 radical (unpaired) electrons. The zero-order valence-electron chi connectivity index (χ0n) is 11.1. The fraction of sp³-hybridized carbons (Fsp3) is 0.727. The number of nitrogens with two attached hydrogens (primary N) is 1. The number of hydrogen-bond donors (Lipinski definition) is 1. The van der Waals surface area contributed by atoms with E-state index in [1.54, 1.807) is 0 Å². The van der Waals surface area contributed by atoms with Gasteiger partial charge in [-0.1, -0.05) is 0 Å². The van der Waals surface area contributed by atoms with Gasteiger partial charge in [-0.15, -0.1) is 0 Å². The Morgan fingerprint density at radius 3 is 2.78 bits per heavy atom. The fourth-order valence-corrected chi connectivity index (χ4v) is 2.04. The summed E-state index contributed by atoms with van der Waals surface area (Å²) in [5, 5.41) is 0. The summed E-state index contributed by atoms with van der Waals surface area (Å²) in [6.45, 7) is 4.24. The zero-order valence-corrected chi connectivity index (χ0v) is 11.1. The predicted octanol–water partition coefficient (Wildman–Crippen LogP) is -0.00720. The fourth-order valence-electron chi connectivity index (χ4n) is 2.04. The van der Waals surface area contributed by atoms with Gasteiger partial charge in [-0.2, -0.15) is 15.0 Å². The summed E-state index contributed by atoms with van der Waals surface area (Å²) >= 11 is 0. The van der Waals surface area contributed by atoms with Crippen LogP contribution >= 0.6 is 0 Å². The third-order valence-electron chi connectivity index (χ3n) is 3.07. The molecule has 7 nitrogen and oxygen atoms in total. The van der Waals surface area contributed by atoms with Crippen molar-refractivity contribution in [3.63, 3.8) is 0 Å². The molecule has 1 aromatic rings. The summed E-state index contributed by atoms with van der Waals surface area (Å²) in [5.74, 6) is 0.812. The molecule has 1 saturated heterocycles. The molecule has 1 fully saturated rings. The first-order chi connectivity index (χ1) is 8.60. The Kier molecular flexibility index (Phi) is 3.81. The highest BCUT2D eigenvalue weighted by Crippen LogP contribution is 2.20. The lowest BCUT2D eigenvalue weighted by Gasteiger charge is -2.20. The topological polar surface area (TPSA) is 80.4 Å². The highest BCUT2D eigenvalue weighted by atomic mass is 16.5. The minimum Gasteiger partial charge on any atom is -0.464 e. The Labute approximate surface area is 107 Å². The van der Waals surface area contributed by atoms with Crippen molar-refractivity contribution < 1.29 is 4.74 Å². The molecule has 0 spiro atoms. The van der Waals surface area contributed by atoms with E-state index in [1.165, 1.54) is 0 Å². The van der Waals surface area contributed by atoms with E-state index in [-0.39, 0.29) is 5.95 Å². The van der Waals surface area contributed by atoms with E-state index >= 15 is 0 Å². The van der Waals surface area contributed by atoms with Gasteiger partial charge in [-0.25, -0.2) is 0 Å². The highest BCUT2D eigenvalue weighted by Gasteiger charge is 2.26. The summed E-state index contributed by atoms with van der Waals surface area (Å²) in [7, 11) is 4.17. The maximum absolute atomic E-state index is 5.67. The van der Waals surface area contributed by atoms with E-state index < -0.39 is 0 Å². The van der Waals surface area contributed by atoms with Gasteiger partial charge in [0.1, 0.15) is 0 Å². The second-order valence-corrected chi connectivity index (χ2v) is 4.56. The number of nitrogen functional groups attached to an aromatic ring is 1. The maximum atomic E-state index is 5.67. The largest absolute Gasteiger partial charge is 0.464 e. The van der Waals surface area contributed by atoms with Gasteiger partial charge < -0.3 is 20.3 Å². The van der Waals surface area contributed by atoms with Crippen LogP contribution in [0.25, 0.3) is 0 Å². The van der Waals surface area contributed by atoms with Crippen molar-refractivity contribution in [3.8, 4) is 6.01 Å². The molecule has 1 aromatic heterocycles. The van der Waals surface area contributed by atoms with Crippen LogP contribution in [0.15, 0.2) is 0 Å². The molecule has 2 N–H and O–H groups in total. The van der Waals surface area contributed by atoms with Crippen molar-refractivity contribution in [3.05, 3.63) is 0 Å². The average Bonchev–Trinajstić information content (AvgIpc) is 2.78. The van der Waals surface area contributed by atoms with Crippen LogP contribution in [0.3, 0.4) is 0 Å². The van der Waals surface area contributed by atoms with Crippen molar-refractivity contribution in [1.29, 1.82) is 0 Å². The average molecular weight is 252 g/mol. The molecule has 1 unspecified atom stereocenters. The third-order valence-corrected chi connectivity index (χ3v) is 3.07. The lowest BCUT2D eigenvalue weighted by molar-refractivity contribution is 0.310. The monoisotopic (exact) mass is 252 g/mol. The molecule has 100 valence electrons. The summed E-state index contributed by atoms with van der Waals surface area (Å²) in [6.07, 6.45) is 1.10. The standard InChI is InChI=1S/C11H20N6O/c1-4-18-11-14-9(12)13-10(15-11)17-6-5-8(7-17)16(2)3/h8H,4-7H2,1-3H3,(H2,12,13,14,15). The first-order valence-electron chi connectivity index (χ1n) is 6.16. The molecule has 1 atom stereocenters. The molecule has 0 saturated carbocycles. The van der Waals surface area contributed by atoms with Gasteiger partial charge in [-0.05, 0) is 27.4 Å². The van der Waals surface area contributed by atoms with E-state index in [1.807, 2.05) is 6.92 Å². The van der Waals surface area contributed by atoms with Gasteiger partial charge in [0.05, 0.1) is 6.61 Å². The van der Waals surface area contributed by atoms with Crippen LogP contribution in [0.4, 0.5) is 11.9 Å². The van der Waals surface area contributed by atoms with Gasteiger partial charge in [-0.3, -0.25) is 0 Å². The zero-order chi connectivity index (χ0) is 13.1. The van der Waals surface area contributed by atoms with E-state index in [9.17, 15) is 0 Å². The number of likely N-dealkylation sites (N-methyl/N-ethyl adjacent to an activating group) is 1. The predicted molar refractivity (Wildman–Crippen MR) is 69.7 cm³/mol. The third kappa shape index (κ3) is 2.79. The van der Waals surface area contributed by atoms with Crippen molar-refractivity contribution in [2.75, 3.05) is 44.4 Å². The van der Waals surface area contributed by atoms with Crippen LogP contribution in [0.5, 0.6) is 6.01 Å². The SMILES string of the molecule is CCOc1nc(N)nc(N2CCC(N(C)C)C2)n1. The lowest BCUT2D eigenvalue weighted by Crippen LogP contribution is -2.32. The lowest BCUT2D eigenvalue weighted by atomic mass is 10.2. The molecule has 2 rings (SSSR count). The number of anilines is 2. The number of nitrogens with zero attached hydrogens (tertiary/aromatic N) is 5. The number of ether oxygens (including phenoxy) is 1.